The van der Waals surface area contributed by atoms with Crippen LogP contribution in [0.5, 0.6) is 5.75 Å². The van der Waals surface area contributed by atoms with E-state index in [0.29, 0.717) is 6.54 Å². The highest BCUT2D eigenvalue weighted by Crippen LogP contribution is 2.24. The number of phenolic OH excluding ortho intramolecular Hbond substituents is 1. The Morgan fingerprint density at radius 1 is 1.43 bits per heavy atom. The summed E-state index contributed by atoms with van der Waals surface area (Å²) in [6.45, 7) is 0.462. The van der Waals surface area contributed by atoms with Gasteiger partial charge in [0.05, 0.1) is 5.69 Å². The van der Waals surface area contributed by atoms with Crippen LogP contribution in [-0.2, 0) is 6.54 Å². The average molecular weight is 206 g/mol. The first-order valence-electron chi connectivity index (χ1n) is 4.23. The van der Waals surface area contributed by atoms with E-state index >= 15 is 0 Å². The molecule has 1 heterocycles. The molecule has 4 heteroatoms. The minimum absolute atomic E-state index is 0.254. The first-order chi connectivity index (χ1) is 6.79. The van der Waals surface area contributed by atoms with Gasteiger partial charge < -0.3 is 10.8 Å². The molecule has 0 aliphatic carbocycles. The topological polar surface area (TPSA) is 59.1 Å². The maximum Gasteiger partial charge on any atom is 0.116 e. The number of nitrogens with zero attached hydrogens (tertiary/aromatic N) is 1. The van der Waals surface area contributed by atoms with E-state index in [1.807, 2.05) is 11.4 Å². The van der Waals surface area contributed by atoms with Crippen molar-refractivity contribution in [1.29, 1.82) is 0 Å². The molecule has 0 spiro atoms. The van der Waals surface area contributed by atoms with E-state index in [1.54, 1.807) is 18.2 Å². The molecule has 2 aromatic rings. The molecule has 0 amide bonds. The summed E-state index contributed by atoms with van der Waals surface area (Å²) in [5.74, 6) is 0.254. The fourth-order valence-electron chi connectivity index (χ4n) is 1.20. The largest absolute Gasteiger partial charge is 0.508 e. The van der Waals surface area contributed by atoms with E-state index in [-0.39, 0.29) is 5.75 Å². The van der Waals surface area contributed by atoms with Crippen molar-refractivity contribution in [2.45, 2.75) is 6.54 Å². The van der Waals surface area contributed by atoms with Crippen LogP contribution in [0.2, 0.25) is 0 Å². The zero-order chi connectivity index (χ0) is 9.97. The molecule has 0 fully saturated rings. The monoisotopic (exact) mass is 206 g/mol. The highest BCUT2D eigenvalue weighted by atomic mass is 32.1. The lowest BCUT2D eigenvalue weighted by Gasteiger charge is -1.96. The van der Waals surface area contributed by atoms with Gasteiger partial charge in [0, 0.05) is 17.5 Å². The van der Waals surface area contributed by atoms with Gasteiger partial charge in [-0.3, -0.25) is 0 Å². The Hall–Kier alpha value is -1.39. The maximum atomic E-state index is 9.29. The molecule has 72 valence electrons. The highest BCUT2D eigenvalue weighted by molar-refractivity contribution is 7.09. The summed E-state index contributed by atoms with van der Waals surface area (Å²) in [6.07, 6.45) is 0. The van der Waals surface area contributed by atoms with E-state index in [1.165, 1.54) is 11.3 Å². The van der Waals surface area contributed by atoms with Gasteiger partial charge in [0.2, 0.25) is 0 Å². The van der Waals surface area contributed by atoms with Gasteiger partial charge in [0.25, 0.3) is 0 Å². The summed E-state index contributed by atoms with van der Waals surface area (Å²) in [7, 11) is 0. The number of aromatic nitrogens is 1. The number of rotatable bonds is 2. The van der Waals surface area contributed by atoms with Gasteiger partial charge in [-0.2, -0.15) is 0 Å². The van der Waals surface area contributed by atoms with Crippen LogP contribution < -0.4 is 5.73 Å². The van der Waals surface area contributed by atoms with E-state index in [9.17, 15) is 5.11 Å². The molecule has 2 rings (SSSR count). The zero-order valence-corrected chi connectivity index (χ0v) is 8.29. The van der Waals surface area contributed by atoms with Crippen molar-refractivity contribution in [2.75, 3.05) is 0 Å². The molecule has 3 nitrogen and oxygen atoms in total. The van der Waals surface area contributed by atoms with Crippen molar-refractivity contribution in [3.05, 3.63) is 34.7 Å². The number of thiazole rings is 1. The van der Waals surface area contributed by atoms with Gasteiger partial charge in [-0.25, -0.2) is 4.98 Å². The zero-order valence-electron chi connectivity index (χ0n) is 7.47. The lowest BCUT2D eigenvalue weighted by Crippen LogP contribution is -1.94. The van der Waals surface area contributed by atoms with Gasteiger partial charge in [-0.15, -0.1) is 11.3 Å². The quantitative estimate of drug-likeness (QED) is 0.789. The van der Waals surface area contributed by atoms with Crippen molar-refractivity contribution >= 4 is 11.3 Å². The molecule has 14 heavy (non-hydrogen) atoms. The van der Waals surface area contributed by atoms with Crippen LogP contribution >= 0.6 is 11.3 Å². The van der Waals surface area contributed by atoms with Crippen LogP contribution in [0.15, 0.2) is 29.6 Å². The van der Waals surface area contributed by atoms with Crippen LogP contribution in [0.3, 0.4) is 0 Å². The minimum Gasteiger partial charge on any atom is -0.508 e. The number of hydrogen-bond donors (Lipinski definition) is 2. The third kappa shape index (κ3) is 1.76. The molecular weight excluding hydrogens is 196 g/mol. The van der Waals surface area contributed by atoms with E-state index in [0.717, 1.165) is 16.3 Å². The van der Waals surface area contributed by atoms with Gasteiger partial charge in [0.15, 0.2) is 0 Å². The van der Waals surface area contributed by atoms with Crippen LogP contribution in [0.4, 0.5) is 0 Å². The molecule has 0 saturated carbocycles. The summed E-state index contributed by atoms with van der Waals surface area (Å²) < 4.78 is 0. The first-order valence-corrected chi connectivity index (χ1v) is 5.11. The molecule has 0 radical (unpaired) electrons. The minimum atomic E-state index is 0.254. The molecule has 0 bridgehead atoms. The number of benzene rings is 1. The second-order valence-corrected chi connectivity index (χ2v) is 3.82. The summed E-state index contributed by atoms with van der Waals surface area (Å²) in [4.78, 5) is 4.32. The highest BCUT2D eigenvalue weighted by Gasteiger charge is 2.03. The van der Waals surface area contributed by atoms with E-state index in [4.69, 9.17) is 5.73 Å². The molecule has 0 saturated heterocycles. The lowest BCUT2D eigenvalue weighted by atomic mass is 10.2. The predicted molar refractivity (Wildman–Crippen MR) is 57.1 cm³/mol. The van der Waals surface area contributed by atoms with E-state index < -0.39 is 0 Å². The molecule has 0 aliphatic rings. The standard InChI is InChI=1S/C10H10N2OS/c11-5-10-12-9(6-14-10)7-2-1-3-8(13)4-7/h1-4,6,13H,5,11H2. The van der Waals surface area contributed by atoms with Gasteiger partial charge >= 0.3 is 0 Å². The lowest BCUT2D eigenvalue weighted by molar-refractivity contribution is 0.475. The van der Waals surface area contributed by atoms with Crippen LogP contribution in [0, 0.1) is 0 Å². The van der Waals surface area contributed by atoms with Gasteiger partial charge in [0.1, 0.15) is 10.8 Å². The Morgan fingerprint density at radius 2 is 2.29 bits per heavy atom. The molecular formula is C10H10N2OS. The van der Waals surface area contributed by atoms with Crippen molar-refractivity contribution in [3.8, 4) is 17.0 Å². The second-order valence-electron chi connectivity index (χ2n) is 2.88. The summed E-state index contributed by atoms with van der Waals surface area (Å²) in [5.41, 5.74) is 7.25. The Balaban J connectivity index is 2.39. The first kappa shape index (κ1) is 9.18. The Morgan fingerprint density at radius 3 is 2.93 bits per heavy atom. The fourth-order valence-corrected chi connectivity index (χ4v) is 1.89. The van der Waals surface area contributed by atoms with Crippen molar-refractivity contribution < 1.29 is 5.11 Å². The van der Waals surface area contributed by atoms with Crippen molar-refractivity contribution in [1.82, 2.24) is 4.98 Å². The van der Waals surface area contributed by atoms with Gasteiger partial charge in [-0.05, 0) is 12.1 Å². The normalized spacial score (nSPS) is 10.4. The Bertz CT molecular complexity index is 439. The third-order valence-corrected chi connectivity index (χ3v) is 2.74. The van der Waals surface area contributed by atoms with Crippen molar-refractivity contribution in [2.24, 2.45) is 5.73 Å². The molecule has 0 unspecified atom stereocenters. The number of phenols is 1. The number of nitrogens with two attached hydrogens (primary N) is 1. The Labute approximate surface area is 85.8 Å². The molecule has 0 aliphatic heterocycles. The predicted octanol–water partition coefficient (Wildman–Crippen LogP) is 1.97. The van der Waals surface area contributed by atoms with Gasteiger partial charge in [-0.1, -0.05) is 12.1 Å². The SMILES string of the molecule is NCc1nc(-c2cccc(O)c2)cs1. The molecule has 1 aromatic heterocycles. The summed E-state index contributed by atoms with van der Waals surface area (Å²) in [5, 5.41) is 12.1. The number of aromatic hydroxyl groups is 1. The smallest absolute Gasteiger partial charge is 0.116 e. The second kappa shape index (κ2) is 3.77. The molecule has 0 atom stereocenters. The van der Waals surface area contributed by atoms with Crippen LogP contribution in [0.1, 0.15) is 5.01 Å². The van der Waals surface area contributed by atoms with Crippen molar-refractivity contribution in [3.63, 3.8) is 0 Å². The third-order valence-electron chi connectivity index (χ3n) is 1.87. The van der Waals surface area contributed by atoms with Crippen LogP contribution in [-0.4, -0.2) is 10.1 Å². The maximum absolute atomic E-state index is 9.29. The fraction of sp³-hybridized carbons (Fsp3) is 0.100. The van der Waals surface area contributed by atoms with Crippen LogP contribution in [0.25, 0.3) is 11.3 Å². The molecule has 3 N–H and O–H groups in total. The summed E-state index contributed by atoms with van der Waals surface area (Å²) in [6, 6.07) is 7.04. The summed E-state index contributed by atoms with van der Waals surface area (Å²) >= 11 is 1.53. The average Bonchev–Trinajstić information content (AvgIpc) is 2.66. The Kier molecular flexibility index (Phi) is 2.47. The molecule has 1 aromatic carbocycles. The van der Waals surface area contributed by atoms with E-state index in [2.05, 4.69) is 4.98 Å². The number of hydrogen-bond acceptors (Lipinski definition) is 4.